The maximum absolute atomic E-state index is 4.01. The monoisotopic (exact) mass is 152 g/mol. The van der Waals surface area contributed by atoms with E-state index < -0.39 is 0 Å². The first-order valence-electron chi connectivity index (χ1n) is 3.89. The van der Waals surface area contributed by atoms with Crippen LogP contribution in [0.3, 0.4) is 0 Å². The van der Waals surface area contributed by atoms with E-state index in [1.807, 2.05) is 0 Å². The molecule has 0 bridgehead atoms. The molecular formula is C9H16N2. The fraction of sp³-hybridized carbons (Fsp3) is 0.556. The van der Waals surface area contributed by atoms with E-state index in [4.69, 9.17) is 0 Å². The van der Waals surface area contributed by atoms with Crippen molar-refractivity contribution in [2.75, 3.05) is 27.3 Å². The number of allylic oxidation sites excluding steroid dienone is 1. The molecular weight excluding hydrogens is 136 g/mol. The highest BCUT2D eigenvalue weighted by molar-refractivity contribution is 5.29. The molecule has 1 fully saturated rings. The molecule has 62 valence electrons. The molecule has 0 spiro atoms. The van der Waals surface area contributed by atoms with Crippen molar-refractivity contribution in [1.29, 1.82) is 0 Å². The van der Waals surface area contributed by atoms with Crippen LogP contribution in [0.25, 0.3) is 0 Å². The van der Waals surface area contributed by atoms with Crippen LogP contribution in [0.2, 0.25) is 0 Å². The number of nitrogens with zero attached hydrogens (tertiary/aromatic N) is 2. The topological polar surface area (TPSA) is 6.48 Å². The molecule has 1 heterocycles. The zero-order valence-electron chi connectivity index (χ0n) is 7.59. The maximum atomic E-state index is 4.01. The minimum absolute atomic E-state index is 0.982. The molecule has 0 aromatic carbocycles. The lowest BCUT2D eigenvalue weighted by Crippen LogP contribution is -2.40. The van der Waals surface area contributed by atoms with Crippen molar-refractivity contribution in [3.05, 3.63) is 23.9 Å². The van der Waals surface area contributed by atoms with Gasteiger partial charge in [0, 0.05) is 19.3 Å². The Labute approximate surface area is 68.8 Å². The smallest absolute Gasteiger partial charge is 0.0704 e. The van der Waals surface area contributed by atoms with Crippen LogP contribution in [0.4, 0.5) is 0 Å². The number of hydrogen-bond acceptors (Lipinski definition) is 2. The Balaban J connectivity index is 2.75. The Morgan fingerprint density at radius 1 is 1.45 bits per heavy atom. The summed E-state index contributed by atoms with van der Waals surface area (Å²) in [6.45, 7) is 8.09. The van der Waals surface area contributed by atoms with Crippen molar-refractivity contribution in [1.82, 2.24) is 9.80 Å². The van der Waals surface area contributed by atoms with E-state index in [9.17, 15) is 0 Å². The van der Waals surface area contributed by atoms with Gasteiger partial charge in [0.1, 0.15) is 0 Å². The molecule has 0 amide bonds. The van der Waals surface area contributed by atoms with Gasteiger partial charge in [0.05, 0.1) is 6.67 Å². The van der Waals surface area contributed by atoms with Crippen LogP contribution in [0.5, 0.6) is 0 Å². The van der Waals surface area contributed by atoms with Crippen molar-refractivity contribution in [2.45, 2.75) is 6.92 Å². The van der Waals surface area contributed by atoms with Crippen molar-refractivity contribution in [2.24, 2.45) is 0 Å². The molecule has 2 nitrogen and oxygen atoms in total. The summed E-state index contributed by atoms with van der Waals surface area (Å²) in [6, 6.07) is 0. The standard InChI is InChI=1S/C9H16N2/c1-5-9-6-10(3)7-11(4)8(9)2/h5H,2,6-7H2,1,3-4H3/b9-5-. The van der Waals surface area contributed by atoms with E-state index in [1.165, 1.54) is 5.57 Å². The van der Waals surface area contributed by atoms with Crippen LogP contribution in [-0.2, 0) is 0 Å². The van der Waals surface area contributed by atoms with Gasteiger partial charge in [0.2, 0.25) is 0 Å². The Bertz CT molecular complexity index is 194. The van der Waals surface area contributed by atoms with Crippen LogP contribution in [0, 0.1) is 0 Å². The second kappa shape index (κ2) is 3.09. The van der Waals surface area contributed by atoms with Gasteiger partial charge >= 0.3 is 0 Å². The van der Waals surface area contributed by atoms with Crippen molar-refractivity contribution < 1.29 is 0 Å². The first-order valence-corrected chi connectivity index (χ1v) is 3.89. The van der Waals surface area contributed by atoms with Gasteiger partial charge in [0.15, 0.2) is 0 Å². The van der Waals surface area contributed by atoms with Crippen LogP contribution in [0.15, 0.2) is 23.9 Å². The largest absolute Gasteiger partial charge is 0.362 e. The Morgan fingerprint density at radius 3 is 2.64 bits per heavy atom. The van der Waals surface area contributed by atoms with Crippen molar-refractivity contribution in [3.63, 3.8) is 0 Å². The number of rotatable bonds is 0. The van der Waals surface area contributed by atoms with Gasteiger partial charge in [-0.3, -0.25) is 4.90 Å². The van der Waals surface area contributed by atoms with Crippen LogP contribution >= 0.6 is 0 Å². The predicted octanol–water partition coefficient (Wildman–Crippen LogP) is 1.28. The lowest BCUT2D eigenvalue weighted by Gasteiger charge is -2.35. The fourth-order valence-corrected chi connectivity index (χ4v) is 1.38. The summed E-state index contributed by atoms with van der Waals surface area (Å²) in [5.74, 6) is 0. The van der Waals surface area contributed by atoms with Crippen molar-refractivity contribution >= 4 is 0 Å². The summed E-state index contributed by atoms with van der Waals surface area (Å²) < 4.78 is 0. The second-order valence-electron chi connectivity index (χ2n) is 3.11. The summed E-state index contributed by atoms with van der Waals surface area (Å²) in [4.78, 5) is 4.43. The molecule has 1 saturated heterocycles. The Morgan fingerprint density at radius 2 is 2.09 bits per heavy atom. The highest BCUT2D eigenvalue weighted by Crippen LogP contribution is 2.17. The van der Waals surface area contributed by atoms with Gasteiger partial charge in [-0.15, -0.1) is 0 Å². The molecule has 0 unspecified atom stereocenters. The van der Waals surface area contributed by atoms with E-state index in [0.29, 0.717) is 0 Å². The third-order valence-corrected chi connectivity index (χ3v) is 2.07. The third kappa shape index (κ3) is 1.63. The normalized spacial score (nSPS) is 24.8. The summed E-state index contributed by atoms with van der Waals surface area (Å²) >= 11 is 0. The molecule has 0 aliphatic carbocycles. The average molecular weight is 152 g/mol. The zero-order valence-corrected chi connectivity index (χ0v) is 7.59. The maximum Gasteiger partial charge on any atom is 0.0704 e. The molecule has 0 atom stereocenters. The molecule has 0 radical (unpaired) electrons. The fourth-order valence-electron chi connectivity index (χ4n) is 1.38. The van der Waals surface area contributed by atoms with Gasteiger partial charge in [-0.1, -0.05) is 12.7 Å². The summed E-state index contributed by atoms with van der Waals surface area (Å²) in [6.07, 6.45) is 2.13. The highest BCUT2D eigenvalue weighted by Gasteiger charge is 2.16. The number of likely N-dealkylation sites (N-methyl/N-ethyl adjacent to an activating group) is 2. The molecule has 1 aliphatic rings. The van der Waals surface area contributed by atoms with Crippen molar-refractivity contribution in [3.8, 4) is 0 Å². The van der Waals surface area contributed by atoms with Crippen LogP contribution < -0.4 is 0 Å². The predicted molar refractivity (Wildman–Crippen MR) is 48.2 cm³/mol. The van der Waals surface area contributed by atoms with E-state index >= 15 is 0 Å². The average Bonchev–Trinajstić information content (AvgIpc) is 1.96. The molecule has 0 N–H and O–H groups in total. The third-order valence-electron chi connectivity index (χ3n) is 2.07. The quantitative estimate of drug-likeness (QED) is 0.516. The van der Waals surface area contributed by atoms with Gasteiger partial charge in [-0.25, -0.2) is 0 Å². The van der Waals surface area contributed by atoms with Gasteiger partial charge < -0.3 is 4.90 Å². The number of hydrogen-bond donors (Lipinski definition) is 0. The summed E-state index contributed by atoms with van der Waals surface area (Å²) in [5, 5.41) is 0. The Hall–Kier alpha value is -0.760. The lowest BCUT2D eigenvalue weighted by molar-refractivity contribution is 0.204. The molecule has 1 rings (SSSR count). The highest BCUT2D eigenvalue weighted by atomic mass is 15.3. The molecule has 1 aliphatic heterocycles. The molecule has 0 aromatic rings. The summed E-state index contributed by atoms with van der Waals surface area (Å²) in [5.41, 5.74) is 2.49. The minimum Gasteiger partial charge on any atom is -0.362 e. The van der Waals surface area contributed by atoms with E-state index in [-0.39, 0.29) is 0 Å². The van der Waals surface area contributed by atoms with Gasteiger partial charge in [0.25, 0.3) is 0 Å². The molecule has 2 heteroatoms. The Kier molecular flexibility index (Phi) is 2.35. The van der Waals surface area contributed by atoms with E-state index in [0.717, 1.165) is 18.9 Å². The molecule has 0 saturated carbocycles. The van der Waals surface area contributed by atoms with Crippen LogP contribution in [-0.4, -0.2) is 37.1 Å². The molecule has 0 aromatic heterocycles. The lowest BCUT2D eigenvalue weighted by atomic mass is 10.1. The SMILES string of the molecule is C=C1/C(=C\C)CN(C)CN1C. The minimum atomic E-state index is 0.982. The summed E-state index contributed by atoms with van der Waals surface area (Å²) in [7, 11) is 4.19. The van der Waals surface area contributed by atoms with Gasteiger partial charge in [-0.2, -0.15) is 0 Å². The van der Waals surface area contributed by atoms with Crippen LogP contribution in [0.1, 0.15) is 6.92 Å². The first-order chi connectivity index (χ1) is 5.15. The van der Waals surface area contributed by atoms with E-state index in [1.54, 1.807) is 0 Å². The zero-order chi connectivity index (χ0) is 8.43. The first kappa shape index (κ1) is 8.34. The van der Waals surface area contributed by atoms with Gasteiger partial charge in [-0.05, 0) is 19.5 Å². The van der Waals surface area contributed by atoms with E-state index in [2.05, 4.69) is 43.5 Å². The molecule has 11 heavy (non-hydrogen) atoms. The second-order valence-corrected chi connectivity index (χ2v) is 3.11.